The minimum Gasteiger partial charge on any atom is -0.357 e. The molecule has 4 nitrogen and oxygen atoms in total. The number of rotatable bonds is 6. The summed E-state index contributed by atoms with van der Waals surface area (Å²) in [4.78, 5) is 11.8. The number of nitrogens with one attached hydrogen (secondary N) is 2. The second-order valence-electron chi connectivity index (χ2n) is 5.24. The van der Waals surface area contributed by atoms with E-state index in [-0.39, 0.29) is 24.0 Å². The van der Waals surface area contributed by atoms with Gasteiger partial charge in [0.25, 0.3) is 0 Å². The second-order valence-corrected chi connectivity index (χ2v) is 7.51. The summed E-state index contributed by atoms with van der Waals surface area (Å²) in [5.41, 5.74) is 1.11. The van der Waals surface area contributed by atoms with Gasteiger partial charge in [-0.2, -0.15) is 0 Å². The lowest BCUT2D eigenvalue weighted by Gasteiger charge is -2.14. The summed E-state index contributed by atoms with van der Waals surface area (Å²) in [5, 5.41) is 9.91. The molecule has 0 amide bonds. The lowest BCUT2D eigenvalue weighted by molar-refractivity contribution is 0.709. The van der Waals surface area contributed by atoms with Gasteiger partial charge in [0.15, 0.2) is 5.96 Å². The fourth-order valence-corrected chi connectivity index (χ4v) is 3.66. The molecule has 0 bridgehead atoms. The second kappa shape index (κ2) is 10.2. The molecule has 7 heteroatoms. The van der Waals surface area contributed by atoms with Crippen LogP contribution in [0.3, 0.4) is 0 Å². The average molecular weight is 464 g/mol. The van der Waals surface area contributed by atoms with E-state index in [1.54, 1.807) is 22.7 Å². The highest BCUT2D eigenvalue weighted by atomic mass is 127. The molecule has 1 atom stereocenters. The molecule has 0 saturated heterocycles. The van der Waals surface area contributed by atoms with Gasteiger partial charge in [0.1, 0.15) is 5.01 Å². The molecule has 0 fully saturated rings. The van der Waals surface area contributed by atoms with Crippen molar-refractivity contribution in [2.24, 2.45) is 4.99 Å². The van der Waals surface area contributed by atoms with E-state index < -0.39 is 0 Å². The van der Waals surface area contributed by atoms with Gasteiger partial charge in [-0.25, -0.2) is 9.98 Å². The van der Waals surface area contributed by atoms with E-state index in [1.165, 1.54) is 9.75 Å². The fourth-order valence-electron chi connectivity index (χ4n) is 2.02. The van der Waals surface area contributed by atoms with Crippen LogP contribution in [-0.2, 0) is 6.54 Å². The van der Waals surface area contributed by atoms with Crippen LogP contribution < -0.4 is 10.6 Å². The molecule has 0 spiro atoms. The van der Waals surface area contributed by atoms with Gasteiger partial charge in [-0.3, -0.25) is 0 Å². The Labute approximate surface area is 163 Å². The van der Waals surface area contributed by atoms with Crippen LogP contribution in [0.5, 0.6) is 0 Å². The molecule has 2 aromatic rings. The average Bonchev–Trinajstić information content (AvgIpc) is 3.12. The maximum absolute atomic E-state index is 4.64. The Kier molecular flexibility index (Phi) is 9.08. The van der Waals surface area contributed by atoms with E-state index >= 15 is 0 Å². The summed E-state index contributed by atoms with van der Waals surface area (Å²) in [6, 6.07) is 4.28. The van der Waals surface area contributed by atoms with Gasteiger partial charge in [-0.1, -0.05) is 13.0 Å². The Morgan fingerprint density at radius 3 is 2.70 bits per heavy atom. The molecule has 23 heavy (non-hydrogen) atoms. The molecule has 2 rings (SSSR count). The highest BCUT2D eigenvalue weighted by Gasteiger charge is 2.08. The number of aliphatic imine (C=N–C) groups is 1. The number of nitrogens with zero attached hydrogens (tertiary/aromatic N) is 2. The highest BCUT2D eigenvalue weighted by molar-refractivity contribution is 14.0. The first-order valence-corrected chi connectivity index (χ1v) is 9.28. The van der Waals surface area contributed by atoms with Crippen molar-refractivity contribution in [2.45, 2.75) is 40.2 Å². The largest absolute Gasteiger partial charge is 0.357 e. The van der Waals surface area contributed by atoms with Crippen LogP contribution in [0.1, 0.15) is 40.2 Å². The van der Waals surface area contributed by atoms with Crippen molar-refractivity contribution in [3.05, 3.63) is 38.0 Å². The van der Waals surface area contributed by atoms with Gasteiger partial charge in [0, 0.05) is 28.8 Å². The molecule has 0 aliphatic heterocycles. The first-order chi connectivity index (χ1) is 10.6. The van der Waals surface area contributed by atoms with Gasteiger partial charge in [0.2, 0.25) is 0 Å². The maximum atomic E-state index is 4.64. The van der Waals surface area contributed by atoms with Crippen LogP contribution in [0, 0.1) is 13.8 Å². The molecular weight excluding hydrogens is 439 g/mol. The molecule has 1 unspecified atom stereocenters. The standard InChI is InChI=1S/C16H24N4S2.HI/c1-5-17-16(18-9-11(2)14-7-6-8-21-14)19-10-15-20-12(3)13(4)22-15;/h6-8,11H,5,9-10H2,1-4H3,(H2,17,18,19);1H. The van der Waals surface area contributed by atoms with Crippen LogP contribution >= 0.6 is 46.7 Å². The smallest absolute Gasteiger partial charge is 0.191 e. The summed E-state index contributed by atoms with van der Waals surface area (Å²) >= 11 is 3.53. The van der Waals surface area contributed by atoms with Crippen molar-refractivity contribution in [3.63, 3.8) is 0 Å². The van der Waals surface area contributed by atoms with Crippen molar-refractivity contribution >= 4 is 52.6 Å². The lowest BCUT2D eigenvalue weighted by atomic mass is 10.1. The zero-order chi connectivity index (χ0) is 15.9. The van der Waals surface area contributed by atoms with Crippen molar-refractivity contribution in [2.75, 3.05) is 13.1 Å². The number of aromatic nitrogens is 1. The number of aryl methyl sites for hydroxylation is 2. The van der Waals surface area contributed by atoms with Crippen LogP contribution in [-0.4, -0.2) is 24.0 Å². The molecule has 2 N–H and O–H groups in total. The molecular formula is C16H25IN4S2. The highest BCUT2D eigenvalue weighted by Crippen LogP contribution is 2.19. The van der Waals surface area contributed by atoms with Gasteiger partial charge >= 0.3 is 0 Å². The topological polar surface area (TPSA) is 49.3 Å². The Balaban J connectivity index is 0.00000264. The molecule has 0 aliphatic rings. The van der Waals surface area contributed by atoms with E-state index in [0.717, 1.165) is 29.8 Å². The molecule has 0 aromatic carbocycles. The lowest BCUT2D eigenvalue weighted by Crippen LogP contribution is -2.39. The Morgan fingerprint density at radius 1 is 1.35 bits per heavy atom. The normalized spacial score (nSPS) is 12.6. The van der Waals surface area contributed by atoms with E-state index in [2.05, 4.69) is 58.9 Å². The number of halogens is 1. The Morgan fingerprint density at radius 2 is 2.13 bits per heavy atom. The van der Waals surface area contributed by atoms with Crippen LogP contribution in [0.2, 0.25) is 0 Å². The zero-order valence-electron chi connectivity index (χ0n) is 14.0. The quantitative estimate of drug-likeness (QED) is 0.381. The third kappa shape index (κ3) is 6.39. The van der Waals surface area contributed by atoms with E-state index in [4.69, 9.17) is 0 Å². The summed E-state index contributed by atoms with van der Waals surface area (Å²) in [6.45, 7) is 10.8. The Hall–Kier alpha value is -0.670. The minimum absolute atomic E-state index is 0. The first-order valence-electron chi connectivity index (χ1n) is 7.58. The van der Waals surface area contributed by atoms with Gasteiger partial charge in [0.05, 0.1) is 12.2 Å². The van der Waals surface area contributed by atoms with E-state index in [9.17, 15) is 0 Å². The third-order valence-corrected chi connectivity index (χ3v) is 5.56. The summed E-state index contributed by atoms with van der Waals surface area (Å²) in [6.07, 6.45) is 0. The molecule has 0 aliphatic carbocycles. The van der Waals surface area contributed by atoms with Crippen molar-refractivity contribution in [1.29, 1.82) is 0 Å². The SMILES string of the molecule is CCNC(=NCc1nc(C)c(C)s1)NCC(C)c1cccs1.I. The summed E-state index contributed by atoms with van der Waals surface area (Å²) < 4.78 is 0. The third-order valence-electron chi connectivity index (χ3n) is 3.39. The zero-order valence-corrected chi connectivity index (χ0v) is 18.0. The molecule has 2 heterocycles. The number of guanidine groups is 1. The maximum Gasteiger partial charge on any atom is 0.191 e. The van der Waals surface area contributed by atoms with E-state index in [1.807, 2.05) is 6.92 Å². The van der Waals surface area contributed by atoms with Crippen molar-refractivity contribution < 1.29 is 0 Å². The van der Waals surface area contributed by atoms with Crippen molar-refractivity contribution in [1.82, 2.24) is 15.6 Å². The number of thiazole rings is 1. The monoisotopic (exact) mass is 464 g/mol. The number of hydrogen-bond donors (Lipinski definition) is 2. The summed E-state index contributed by atoms with van der Waals surface area (Å²) in [5.74, 6) is 1.34. The van der Waals surface area contributed by atoms with Crippen LogP contribution in [0.4, 0.5) is 0 Å². The molecule has 0 radical (unpaired) electrons. The number of hydrogen-bond acceptors (Lipinski definition) is 4. The predicted molar refractivity (Wildman–Crippen MR) is 113 cm³/mol. The Bertz CT molecular complexity index is 588. The van der Waals surface area contributed by atoms with Gasteiger partial charge in [-0.15, -0.1) is 46.7 Å². The predicted octanol–water partition coefficient (Wildman–Crippen LogP) is 4.30. The van der Waals surface area contributed by atoms with Gasteiger partial charge in [-0.05, 0) is 32.2 Å². The molecule has 2 aromatic heterocycles. The van der Waals surface area contributed by atoms with Crippen molar-refractivity contribution in [3.8, 4) is 0 Å². The summed E-state index contributed by atoms with van der Waals surface area (Å²) in [7, 11) is 0. The minimum atomic E-state index is 0. The van der Waals surface area contributed by atoms with Gasteiger partial charge < -0.3 is 10.6 Å². The molecule has 128 valence electrons. The van der Waals surface area contributed by atoms with Crippen LogP contribution in [0.15, 0.2) is 22.5 Å². The first kappa shape index (κ1) is 20.4. The molecule has 0 saturated carbocycles. The van der Waals surface area contributed by atoms with E-state index in [0.29, 0.717) is 12.5 Å². The number of thiophene rings is 1. The fraction of sp³-hybridized carbons (Fsp3) is 0.500. The van der Waals surface area contributed by atoms with Crippen LogP contribution in [0.25, 0.3) is 0 Å².